The van der Waals surface area contributed by atoms with E-state index in [1.165, 1.54) is 0 Å². The van der Waals surface area contributed by atoms with Gasteiger partial charge in [-0.05, 0) is 20.6 Å². The van der Waals surface area contributed by atoms with Gasteiger partial charge in [-0.2, -0.15) is 0 Å². The molecule has 0 spiro atoms. The zero-order chi connectivity index (χ0) is 12.1. The van der Waals surface area contributed by atoms with E-state index in [0.717, 1.165) is 13.1 Å². The Morgan fingerprint density at radius 3 is 1.33 bits per heavy atom. The molecule has 0 heterocycles. The molecule has 94 valence electrons. The molecule has 0 radical (unpaired) electrons. The third-order valence-electron chi connectivity index (χ3n) is 1.83. The summed E-state index contributed by atoms with van der Waals surface area (Å²) >= 11 is 0. The first-order chi connectivity index (χ1) is 7.12. The second-order valence-electron chi connectivity index (χ2n) is 3.41. The van der Waals surface area contributed by atoms with Crippen LogP contribution in [0.15, 0.2) is 0 Å². The third-order valence-corrected chi connectivity index (χ3v) is 1.83. The lowest BCUT2D eigenvalue weighted by atomic mass is 10.5. The summed E-state index contributed by atoms with van der Waals surface area (Å²) in [7, 11) is 3.85. The van der Waals surface area contributed by atoms with E-state index in [4.69, 9.17) is 15.3 Å². The summed E-state index contributed by atoms with van der Waals surface area (Å²) < 4.78 is 0. The van der Waals surface area contributed by atoms with Gasteiger partial charge in [0.25, 0.3) is 0 Å². The normalized spacial score (nSPS) is 10.4. The Balaban J connectivity index is 0. The topological polar surface area (TPSA) is 67.2 Å². The van der Waals surface area contributed by atoms with Crippen LogP contribution in [0.2, 0.25) is 0 Å². The van der Waals surface area contributed by atoms with Crippen molar-refractivity contribution in [3.05, 3.63) is 0 Å². The van der Waals surface area contributed by atoms with Gasteiger partial charge in [-0.25, -0.2) is 0 Å². The van der Waals surface area contributed by atoms with Crippen molar-refractivity contribution in [3.63, 3.8) is 0 Å². The molecule has 0 atom stereocenters. The molecule has 0 aliphatic rings. The van der Waals surface area contributed by atoms with Gasteiger partial charge in [0.15, 0.2) is 0 Å². The van der Waals surface area contributed by atoms with Crippen LogP contribution in [-0.4, -0.2) is 85.2 Å². The van der Waals surface area contributed by atoms with Gasteiger partial charge in [0.1, 0.15) is 0 Å². The summed E-state index contributed by atoms with van der Waals surface area (Å²) in [5, 5.41) is 25.1. The third kappa shape index (κ3) is 16.5. The van der Waals surface area contributed by atoms with Crippen LogP contribution in [0, 0.1) is 0 Å². The predicted octanol–water partition coefficient (Wildman–Crippen LogP) is -1.17. The molecule has 0 amide bonds. The quantitative estimate of drug-likeness (QED) is 0.507. The van der Waals surface area contributed by atoms with E-state index in [2.05, 4.69) is 0 Å². The van der Waals surface area contributed by atoms with Gasteiger partial charge in [0.05, 0.1) is 19.8 Å². The van der Waals surface area contributed by atoms with Gasteiger partial charge < -0.3 is 20.2 Å². The molecule has 5 heteroatoms. The molecule has 0 aromatic carbocycles. The maximum absolute atomic E-state index is 8.47. The van der Waals surface area contributed by atoms with E-state index in [0.29, 0.717) is 13.1 Å². The Hall–Kier alpha value is -0.200. The number of rotatable bonds is 7. The van der Waals surface area contributed by atoms with Crippen molar-refractivity contribution < 1.29 is 15.3 Å². The summed E-state index contributed by atoms with van der Waals surface area (Å²) in [6.07, 6.45) is 0. The number of hydrogen-bond acceptors (Lipinski definition) is 5. The minimum Gasteiger partial charge on any atom is -0.395 e. The monoisotopic (exact) mass is 222 g/mol. The van der Waals surface area contributed by atoms with Crippen molar-refractivity contribution in [2.75, 3.05) is 60.1 Å². The standard InChI is InChI=1S/C6H15NO2.C4H11NO/c1-2-7(3-5-8)4-6-9;1-5(2)3-4-6/h8-9H,2-6H2,1H3;6H,3-4H2,1-2H3. The van der Waals surface area contributed by atoms with Crippen molar-refractivity contribution in [1.29, 1.82) is 0 Å². The Kier molecular flexibility index (Phi) is 15.8. The SMILES string of the molecule is CCN(CCO)CCO.CN(C)CCO. The molecular formula is C10H26N2O3. The van der Waals surface area contributed by atoms with Crippen molar-refractivity contribution in [1.82, 2.24) is 9.80 Å². The zero-order valence-electron chi connectivity index (χ0n) is 10.2. The summed E-state index contributed by atoms with van der Waals surface area (Å²) in [6.45, 7) is 5.59. The van der Waals surface area contributed by atoms with Crippen LogP contribution in [0.5, 0.6) is 0 Å². The van der Waals surface area contributed by atoms with Crippen LogP contribution in [0.4, 0.5) is 0 Å². The van der Waals surface area contributed by atoms with Crippen LogP contribution >= 0.6 is 0 Å². The van der Waals surface area contributed by atoms with E-state index < -0.39 is 0 Å². The summed E-state index contributed by atoms with van der Waals surface area (Å²) in [5.74, 6) is 0. The largest absolute Gasteiger partial charge is 0.395 e. The average molecular weight is 222 g/mol. The lowest BCUT2D eigenvalue weighted by Gasteiger charge is -2.16. The first kappa shape index (κ1) is 17.2. The highest BCUT2D eigenvalue weighted by molar-refractivity contribution is 4.51. The van der Waals surface area contributed by atoms with Crippen molar-refractivity contribution in [2.45, 2.75) is 6.92 Å². The predicted molar refractivity (Wildman–Crippen MR) is 61.9 cm³/mol. The van der Waals surface area contributed by atoms with Gasteiger partial charge in [0.2, 0.25) is 0 Å². The molecule has 0 saturated heterocycles. The lowest BCUT2D eigenvalue weighted by molar-refractivity contribution is 0.166. The average Bonchev–Trinajstić information content (AvgIpc) is 2.18. The second-order valence-corrected chi connectivity index (χ2v) is 3.41. The number of likely N-dealkylation sites (N-methyl/N-ethyl adjacent to an activating group) is 2. The molecule has 0 fully saturated rings. The molecular weight excluding hydrogens is 196 g/mol. The Morgan fingerprint density at radius 2 is 1.20 bits per heavy atom. The van der Waals surface area contributed by atoms with Crippen LogP contribution in [0.1, 0.15) is 6.92 Å². The van der Waals surface area contributed by atoms with Gasteiger partial charge >= 0.3 is 0 Å². The van der Waals surface area contributed by atoms with E-state index >= 15 is 0 Å². The molecule has 0 aliphatic carbocycles. The van der Waals surface area contributed by atoms with E-state index in [1.54, 1.807) is 0 Å². The van der Waals surface area contributed by atoms with Gasteiger partial charge in [-0.3, -0.25) is 4.90 Å². The molecule has 15 heavy (non-hydrogen) atoms. The maximum atomic E-state index is 8.47. The molecule has 0 rings (SSSR count). The van der Waals surface area contributed by atoms with Crippen LogP contribution in [-0.2, 0) is 0 Å². The Labute approximate surface area is 92.9 Å². The second kappa shape index (κ2) is 13.8. The van der Waals surface area contributed by atoms with E-state index in [1.807, 2.05) is 30.8 Å². The highest BCUT2D eigenvalue weighted by atomic mass is 16.3. The minimum atomic E-state index is 0.174. The highest BCUT2D eigenvalue weighted by Gasteiger charge is 1.97. The molecule has 0 aromatic rings. The van der Waals surface area contributed by atoms with Crippen LogP contribution in [0.3, 0.4) is 0 Å². The molecule has 5 nitrogen and oxygen atoms in total. The molecule has 0 aromatic heterocycles. The Bertz CT molecular complexity index is 107. The lowest BCUT2D eigenvalue weighted by Crippen LogP contribution is -2.29. The van der Waals surface area contributed by atoms with Crippen molar-refractivity contribution in [3.8, 4) is 0 Å². The maximum Gasteiger partial charge on any atom is 0.0558 e. The van der Waals surface area contributed by atoms with E-state index in [-0.39, 0.29) is 19.8 Å². The van der Waals surface area contributed by atoms with Crippen LogP contribution in [0.25, 0.3) is 0 Å². The summed E-state index contributed by atoms with van der Waals surface area (Å²) in [4.78, 5) is 3.92. The van der Waals surface area contributed by atoms with E-state index in [9.17, 15) is 0 Å². The molecule has 0 aliphatic heterocycles. The zero-order valence-corrected chi connectivity index (χ0v) is 10.2. The first-order valence-electron chi connectivity index (χ1n) is 5.32. The van der Waals surface area contributed by atoms with Crippen molar-refractivity contribution >= 4 is 0 Å². The summed E-state index contributed by atoms with van der Waals surface area (Å²) in [6, 6.07) is 0. The molecule has 0 bridgehead atoms. The van der Waals surface area contributed by atoms with Crippen LogP contribution < -0.4 is 0 Å². The van der Waals surface area contributed by atoms with Crippen molar-refractivity contribution in [2.24, 2.45) is 0 Å². The number of aliphatic hydroxyl groups is 3. The minimum absolute atomic E-state index is 0.174. The fraction of sp³-hybridized carbons (Fsp3) is 1.00. The number of hydrogen-bond donors (Lipinski definition) is 3. The first-order valence-corrected chi connectivity index (χ1v) is 5.32. The fourth-order valence-corrected chi connectivity index (χ4v) is 0.911. The molecule has 0 unspecified atom stereocenters. The summed E-state index contributed by atoms with van der Waals surface area (Å²) in [5.41, 5.74) is 0. The Morgan fingerprint density at radius 1 is 0.800 bits per heavy atom. The highest BCUT2D eigenvalue weighted by Crippen LogP contribution is 1.83. The molecule has 0 saturated carbocycles. The molecule has 3 N–H and O–H groups in total. The fourth-order valence-electron chi connectivity index (χ4n) is 0.911. The number of aliphatic hydroxyl groups excluding tert-OH is 3. The van der Waals surface area contributed by atoms with Gasteiger partial charge in [0, 0.05) is 19.6 Å². The van der Waals surface area contributed by atoms with Gasteiger partial charge in [-0.1, -0.05) is 6.92 Å². The number of nitrogens with zero attached hydrogens (tertiary/aromatic N) is 2. The smallest absolute Gasteiger partial charge is 0.0558 e. The van der Waals surface area contributed by atoms with Gasteiger partial charge in [-0.15, -0.1) is 0 Å².